The molecule has 0 amide bonds. The number of hydrogen-bond donors (Lipinski definition) is 2. The molecule has 0 spiro atoms. The number of ether oxygens (including phenoxy) is 1. The predicted octanol–water partition coefficient (Wildman–Crippen LogP) is 0.745. The van der Waals surface area contributed by atoms with Crippen molar-refractivity contribution in [2.75, 3.05) is 13.7 Å². The SMILES string of the molecule is C=CC(=O)OC.CC(=CCCO)C(=O)O. The van der Waals surface area contributed by atoms with Gasteiger partial charge < -0.3 is 14.9 Å². The van der Waals surface area contributed by atoms with Crippen molar-refractivity contribution in [1.29, 1.82) is 0 Å². The molecule has 0 aromatic heterocycles. The average Bonchev–Trinajstić information content (AvgIpc) is 2.25. The van der Waals surface area contributed by atoms with Gasteiger partial charge in [-0.1, -0.05) is 12.7 Å². The highest BCUT2D eigenvalue weighted by Gasteiger charge is 1.96. The maximum atomic E-state index is 10.1. The van der Waals surface area contributed by atoms with E-state index in [9.17, 15) is 9.59 Å². The van der Waals surface area contributed by atoms with Gasteiger partial charge in [-0.3, -0.25) is 0 Å². The van der Waals surface area contributed by atoms with Crippen molar-refractivity contribution in [3.63, 3.8) is 0 Å². The van der Waals surface area contributed by atoms with Crippen LogP contribution in [0.1, 0.15) is 13.3 Å². The summed E-state index contributed by atoms with van der Waals surface area (Å²) in [6, 6.07) is 0. The van der Waals surface area contributed by atoms with Crippen LogP contribution in [-0.2, 0) is 14.3 Å². The fraction of sp³-hybridized carbons (Fsp3) is 0.400. The Hall–Kier alpha value is -1.62. The maximum absolute atomic E-state index is 10.1. The van der Waals surface area contributed by atoms with Crippen molar-refractivity contribution in [1.82, 2.24) is 0 Å². The zero-order valence-corrected chi connectivity index (χ0v) is 8.90. The number of esters is 1. The molecule has 5 heteroatoms. The first-order valence-electron chi connectivity index (χ1n) is 4.20. The molecule has 0 bridgehead atoms. The van der Waals surface area contributed by atoms with Gasteiger partial charge in [-0.05, 0) is 13.3 Å². The molecule has 0 rings (SSSR count). The summed E-state index contributed by atoms with van der Waals surface area (Å²) in [7, 11) is 1.31. The first kappa shape index (κ1) is 15.8. The molecule has 0 saturated heterocycles. The van der Waals surface area contributed by atoms with Crippen LogP contribution in [-0.4, -0.2) is 35.9 Å². The normalized spacial score (nSPS) is 9.67. The average molecular weight is 216 g/mol. The number of carbonyl (C=O) groups is 2. The smallest absolute Gasteiger partial charge is 0.330 e. The van der Waals surface area contributed by atoms with E-state index >= 15 is 0 Å². The Morgan fingerprint density at radius 3 is 2.20 bits per heavy atom. The highest BCUT2D eigenvalue weighted by Crippen LogP contribution is 1.93. The van der Waals surface area contributed by atoms with Gasteiger partial charge in [0.1, 0.15) is 0 Å². The molecule has 15 heavy (non-hydrogen) atoms. The van der Waals surface area contributed by atoms with Crippen LogP contribution in [0.15, 0.2) is 24.3 Å². The number of aliphatic hydroxyl groups is 1. The molecule has 0 fully saturated rings. The van der Waals surface area contributed by atoms with Crippen LogP contribution in [0.25, 0.3) is 0 Å². The number of hydrogen-bond acceptors (Lipinski definition) is 4. The number of carbonyl (C=O) groups excluding carboxylic acids is 1. The molecule has 0 aliphatic rings. The first-order valence-corrected chi connectivity index (χ1v) is 4.20. The van der Waals surface area contributed by atoms with E-state index in [0.717, 1.165) is 6.08 Å². The summed E-state index contributed by atoms with van der Waals surface area (Å²) in [6.07, 6.45) is 3.01. The number of carboxylic acids is 1. The van der Waals surface area contributed by atoms with E-state index in [2.05, 4.69) is 11.3 Å². The Bertz CT molecular complexity index is 242. The van der Waals surface area contributed by atoms with Crippen molar-refractivity contribution in [2.45, 2.75) is 13.3 Å². The third-order valence-corrected chi connectivity index (χ3v) is 1.28. The van der Waals surface area contributed by atoms with E-state index in [1.807, 2.05) is 0 Å². The molecule has 86 valence electrons. The third kappa shape index (κ3) is 12.4. The number of carboxylic acid groups (broad SMARTS) is 1. The summed E-state index contributed by atoms with van der Waals surface area (Å²) >= 11 is 0. The lowest BCUT2D eigenvalue weighted by atomic mass is 10.2. The minimum absolute atomic E-state index is 0.00458. The fourth-order valence-corrected chi connectivity index (χ4v) is 0.452. The highest BCUT2D eigenvalue weighted by molar-refractivity contribution is 5.85. The van der Waals surface area contributed by atoms with Crippen LogP contribution in [0.2, 0.25) is 0 Å². The van der Waals surface area contributed by atoms with Crippen LogP contribution in [0.3, 0.4) is 0 Å². The quantitative estimate of drug-likeness (QED) is 0.535. The summed E-state index contributed by atoms with van der Waals surface area (Å²) in [5.74, 6) is -1.32. The molecule has 0 atom stereocenters. The number of aliphatic carboxylic acids is 1. The van der Waals surface area contributed by atoms with Crippen LogP contribution >= 0.6 is 0 Å². The fourth-order valence-electron chi connectivity index (χ4n) is 0.452. The van der Waals surface area contributed by atoms with E-state index in [1.54, 1.807) is 0 Å². The van der Waals surface area contributed by atoms with Crippen LogP contribution in [0.5, 0.6) is 0 Å². The molecule has 0 aliphatic carbocycles. The maximum Gasteiger partial charge on any atom is 0.330 e. The van der Waals surface area contributed by atoms with Gasteiger partial charge in [0.15, 0.2) is 0 Å². The minimum atomic E-state index is -0.927. The minimum Gasteiger partial charge on any atom is -0.478 e. The van der Waals surface area contributed by atoms with Gasteiger partial charge in [0, 0.05) is 18.3 Å². The summed E-state index contributed by atoms with van der Waals surface area (Å²) < 4.78 is 4.14. The molecular weight excluding hydrogens is 200 g/mol. The molecule has 0 radical (unpaired) electrons. The van der Waals surface area contributed by atoms with Gasteiger partial charge >= 0.3 is 11.9 Å². The third-order valence-electron chi connectivity index (χ3n) is 1.28. The van der Waals surface area contributed by atoms with Gasteiger partial charge in [0.05, 0.1) is 7.11 Å². The van der Waals surface area contributed by atoms with Gasteiger partial charge in [-0.2, -0.15) is 0 Å². The molecule has 0 unspecified atom stereocenters. The number of aliphatic hydroxyl groups excluding tert-OH is 1. The van der Waals surface area contributed by atoms with E-state index in [1.165, 1.54) is 20.1 Å². The van der Waals surface area contributed by atoms with Crippen molar-refractivity contribution in [2.24, 2.45) is 0 Å². The van der Waals surface area contributed by atoms with E-state index in [0.29, 0.717) is 6.42 Å². The van der Waals surface area contributed by atoms with E-state index < -0.39 is 11.9 Å². The second-order valence-electron chi connectivity index (χ2n) is 2.43. The Morgan fingerprint density at radius 1 is 1.47 bits per heavy atom. The summed E-state index contributed by atoms with van der Waals surface area (Å²) in [4.78, 5) is 19.9. The number of methoxy groups -OCH3 is 1. The molecular formula is C10H16O5. The largest absolute Gasteiger partial charge is 0.478 e. The summed E-state index contributed by atoms with van der Waals surface area (Å²) in [5, 5.41) is 16.5. The lowest BCUT2D eigenvalue weighted by Gasteiger charge is -1.89. The molecule has 0 saturated carbocycles. The van der Waals surface area contributed by atoms with Crippen LogP contribution < -0.4 is 0 Å². The van der Waals surface area contributed by atoms with E-state index in [-0.39, 0.29) is 12.2 Å². The van der Waals surface area contributed by atoms with Crippen molar-refractivity contribution >= 4 is 11.9 Å². The molecule has 0 heterocycles. The van der Waals surface area contributed by atoms with Crippen molar-refractivity contribution < 1.29 is 24.5 Å². The Labute approximate surface area is 88.7 Å². The highest BCUT2D eigenvalue weighted by atomic mass is 16.5. The molecule has 0 aromatic rings. The first-order chi connectivity index (χ1) is 6.99. The topological polar surface area (TPSA) is 83.8 Å². The Balaban J connectivity index is 0. The Morgan fingerprint density at radius 2 is 2.00 bits per heavy atom. The molecule has 0 aliphatic heterocycles. The van der Waals surface area contributed by atoms with Gasteiger partial charge in [0.25, 0.3) is 0 Å². The van der Waals surface area contributed by atoms with Gasteiger partial charge in [-0.25, -0.2) is 9.59 Å². The predicted molar refractivity (Wildman–Crippen MR) is 55.3 cm³/mol. The zero-order chi connectivity index (χ0) is 12.3. The molecule has 0 aromatic carbocycles. The van der Waals surface area contributed by atoms with E-state index in [4.69, 9.17) is 10.2 Å². The van der Waals surface area contributed by atoms with Gasteiger partial charge in [0.2, 0.25) is 0 Å². The molecule has 5 nitrogen and oxygen atoms in total. The van der Waals surface area contributed by atoms with Crippen molar-refractivity contribution in [3.05, 3.63) is 24.3 Å². The second-order valence-corrected chi connectivity index (χ2v) is 2.43. The van der Waals surface area contributed by atoms with Gasteiger partial charge in [-0.15, -0.1) is 0 Å². The monoisotopic (exact) mass is 216 g/mol. The van der Waals surface area contributed by atoms with Crippen LogP contribution in [0.4, 0.5) is 0 Å². The Kier molecular flexibility index (Phi) is 11.0. The second kappa shape index (κ2) is 10.5. The zero-order valence-electron chi connectivity index (χ0n) is 8.90. The standard InChI is InChI=1S/C6H10O3.C4H6O2/c1-5(6(8)9)3-2-4-7;1-3-4(5)6-2/h3,7H,2,4H2,1H3,(H,8,9);3H,1H2,2H3. The lowest BCUT2D eigenvalue weighted by Crippen LogP contribution is -1.95. The number of rotatable bonds is 4. The lowest BCUT2D eigenvalue weighted by molar-refractivity contribution is -0.135. The summed E-state index contributed by atoms with van der Waals surface area (Å²) in [5.41, 5.74) is 0.282. The summed E-state index contributed by atoms with van der Waals surface area (Å²) in [6.45, 7) is 4.66. The van der Waals surface area contributed by atoms with Crippen molar-refractivity contribution in [3.8, 4) is 0 Å². The van der Waals surface area contributed by atoms with Crippen LogP contribution in [0, 0.1) is 0 Å². The molecule has 2 N–H and O–H groups in total.